The fourth-order valence-corrected chi connectivity index (χ4v) is 4.86. The molecule has 30 heavy (non-hydrogen) atoms. The topological polar surface area (TPSA) is 51.2 Å². The van der Waals surface area contributed by atoms with Gasteiger partial charge in [-0.15, -0.1) is 11.8 Å². The number of aliphatic imine (C=N–C) groups is 1. The van der Waals surface area contributed by atoms with Crippen LogP contribution >= 0.6 is 11.8 Å². The number of hydrogen-bond donors (Lipinski definition) is 1. The standard InChI is InChI=1S/C22H34FN5OS/c1-18(21(29)27-11-3-4-12-27)26-13-15-28(16-14-26)22(24-2)25-10-5-17-30-20-8-6-19(23)7-9-20/h6-9,18H,3-5,10-17H2,1-2H3,(H,24,25). The summed E-state index contributed by atoms with van der Waals surface area (Å²) in [4.78, 5) is 24.8. The van der Waals surface area contributed by atoms with Gasteiger partial charge in [-0.3, -0.25) is 14.7 Å². The molecule has 1 N–H and O–H groups in total. The van der Waals surface area contributed by atoms with E-state index in [0.29, 0.717) is 0 Å². The molecule has 0 bridgehead atoms. The molecule has 2 saturated heterocycles. The molecule has 0 aliphatic carbocycles. The molecule has 1 amide bonds. The maximum Gasteiger partial charge on any atom is 0.239 e. The van der Waals surface area contributed by atoms with E-state index < -0.39 is 0 Å². The van der Waals surface area contributed by atoms with Gasteiger partial charge < -0.3 is 15.1 Å². The SMILES string of the molecule is CN=C(NCCCSc1ccc(F)cc1)N1CCN(C(C)C(=O)N2CCCC2)CC1. The van der Waals surface area contributed by atoms with E-state index in [9.17, 15) is 9.18 Å². The third kappa shape index (κ3) is 6.35. The number of rotatable bonds is 7. The first-order valence-electron chi connectivity index (χ1n) is 11.0. The number of guanidine groups is 1. The second kappa shape index (κ2) is 11.6. The van der Waals surface area contributed by atoms with Crippen LogP contribution in [0.15, 0.2) is 34.2 Å². The number of piperazine rings is 1. The summed E-state index contributed by atoms with van der Waals surface area (Å²) in [5.74, 6) is 1.99. The highest BCUT2D eigenvalue weighted by Crippen LogP contribution is 2.18. The molecule has 1 aromatic carbocycles. The van der Waals surface area contributed by atoms with Crippen molar-refractivity contribution in [1.82, 2.24) is 20.0 Å². The number of carbonyl (C=O) groups excluding carboxylic acids is 1. The Morgan fingerprint density at radius 2 is 1.77 bits per heavy atom. The minimum Gasteiger partial charge on any atom is -0.356 e. The van der Waals surface area contributed by atoms with Gasteiger partial charge >= 0.3 is 0 Å². The summed E-state index contributed by atoms with van der Waals surface area (Å²) in [7, 11) is 1.82. The average Bonchev–Trinajstić information content (AvgIpc) is 3.32. The molecule has 0 spiro atoms. The van der Waals surface area contributed by atoms with Crippen molar-refractivity contribution in [2.75, 3.05) is 58.6 Å². The van der Waals surface area contributed by atoms with Crippen LogP contribution in [0.4, 0.5) is 4.39 Å². The fraction of sp³-hybridized carbons (Fsp3) is 0.636. The van der Waals surface area contributed by atoms with Gasteiger partial charge in [-0.1, -0.05) is 0 Å². The average molecular weight is 436 g/mol. The molecule has 3 rings (SSSR count). The van der Waals surface area contributed by atoms with Crippen molar-refractivity contribution in [2.24, 2.45) is 4.99 Å². The molecule has 0 radical (unpaired) electrons. The molecule has 2 heterocycles. The van der Waals surface area contributed by atoms with E-state index in [1.807, 2.05) is 31.0 Å². The zero-order chi connectivity index (χ0) is 21.3. The maximum atomic E-state index is 13.0. The molecule has 6 nitrogen and oxygen atoms in total. The van der Waals surface area contributed by atoms with Crippen molar-refractivity contribution in [3.63, 3.8) is 0 Å². The zero-order valence-corrected chi connectivity index (χ0v) is 19.0. The number of amides is 1. The first-order valence-corrected chi connectivity index (χ1v) is 11.9. The molecule has 2 aliphatic heterocycles. The van der Waals surface area contributed by atoms with Crippen LogP contribution in [0.5, 0.6) is 0 Å². The zero-order valence-electron chi connectivity index (χ0n) is 18.1. The van der Waals surface area contributed by atoms with E-state index in [2.05, 4.69) is 20.1 Å². The highest BCUT2D eigenvalue weighted by molar-refractivity contribution is 7.99. The van der Waals surface area contributed by atoms with Gasteiger partial charge in [0.2, 0.25) is 5.91 Å². The second-order valence-electron chi connectivity index (χ2n) is 7.86. The van der Waals surface area contributed by atoms with Crippen molar-refractivity contribution >= 4 is 23.6 Å². The number of hydrogen-bond acceptors (Lipinski definition) is 4. The van der Waals surface area contributed by atoms with Crippen LogP contribution in [-0.4, -0.2) is 91.2 Å². The Morgan fingerprint density at radius 1 is 1.10 bits per heavy atom. The lowest BCUT2D eigenvalue weighted by Crippen LogP contribution is -2.57. The molecule has 166 valence electrons. The van der Waals surface area contributed by atoms with Gasteiger partial charge in [-0.25, -0.2) is 4.39 Å². The predicted molar refractivity (Wildman–Crippen MR) is 122 cm³/mol. The molecule has 2 aliphatic rings. The summed E-state index contributed by atoms with van der Waals surface area (Å²) in [5.41, 5.74) is 0. The molecule has 1 unspecified atom stereocenters. The van der Waals surface area contributed by atoms with Gasteiger partial charge in [0.05, 0.1) is 6.04 Å². The Balaban J connectivity index is 1.35. The molecule has 0 aromatic heterocycles. The number of nitrogens with zero attached hydrogens (tertiary/aromatic N) is 4. The third-order valence-corrected chi connectivity index (χ3v) is 6.93. The van der Waals surface area contributed by atoms with Crippen molar-refractivity contribution in [3.8, 4) is 0 Å². The summed E-state index contributed by atoms with van der Waals surface area (Å²) >= 11 is 1.74. The van der Waals surface area contributed by atoms with Crippen molar-refractivity contribution in [3.05, 3.63) is 30.1 Å². The quantitative estimate of drug-likeness (QED) is 0.309. The summed E-state index contributed by atoms with van der Waals surface area (Å²) < 4.78 is 13.0. The summed E-state index contributed by atoms with van der Waals surface area (Å²) in [6.45, 7) is 8.23. The lowest BCUT2D eigenvalue weighted by atomic mass is 10.2. The van der Waals surface area contributed by atoms with Crippen molar-refractivity contribution in [2.45, 2.75) is 37.1 Å². The van der Waals surface area contributed by atoms with Crippen LogP contribution in [0.3, 0.4) is 0 Å². The Labute approximate surface area is 183 Å². The molecule has 0 saturated carbocycles. The Hall–Kier alpha value is -1.80. The Kier molecular flexibility index (Phi) is 8.81. The van der Waals surface area contributed by atoms with Gasteiger partial charge in [0.1, 0.15) is 5.82 Å². The largest absolute Gasteiger partial charge is 0.356 e. The Morgan fingerprint density at radius 3 is 2.40 bits per heavy atom. The maximum absolute atomic E-state index is 13.0. The van der Waals surface area contributed by atoms with E-state index in [4.69, 9.17) is 0 Å². The fourth-order valence-electron chi connectivity index (χ4n) is 4.00. The van der Waals surface area contributed by atoms with E-state index in [0.717, 1.165) is 81.7 Å². The lowest BCUT2D eigenvalue weighted by molar-refractivity contribution is -0.135. The van der Waals surface area contributed by atoms with E-state index in [1.165, 1.54) is 12.1 Å². The smallest absolute Gasteiger partial charge is 0.239 e. The van der Waals surface area contributed by atoms with Gasteiger partial charge in [0.25, 0.3) is 0 Å². The van der Waals surface area contributed by atoms with Gasteiger partial charge in [-0.2, -0.15) is 0 Å². The molecule has 2 fully saturated rings. The first kappa shape index (κ1) is 22.9. The molecular weight excluding hydrogens is 401 g/mol. The van der Waals surface area contributed by atoms with E-state index >= 15 is 0 Å². The lowest BCUT2D eigenvalue weighted by Gasteiger charge is -2.39. The first-order chi connectivity index (χ1) is 14.6. The Bertz CT molecular complexity index is 700. The number of benzene rings is 1. The van der Waals surface area contributed by atoms with Crippen LogP contribution in [-0.2, 0) is 4.79 Å². The highest BCUT2D eigenvalue weighted by Gasteiger charge is 2.30. The molecule has 8 heteroatoms. The third-order valence-electron chi connectivity index (χ3n) is 5.84. The number of halogens is 1. The number of nitrogens with one attached hydrogen (secondary N) is 1. The van der Waals surface area contributed by atoms with E-state index in [-0.39, 0.29) is 17.8 Å². The second-order valence-corrected chi connectivity index (χ2v) is 9.03. The van der Waals surface area contributed by atoms with Crippen LogP contribution < -0.4 is 5.32 Å². The minimum atomic E-state index is -0.195. The highest BCUT2D eigenvalue weighted by atomic mass is 32.2. The van der Waals surface area contributed by atoms with Crippen molar-refractivity contribution < 1.29 is 9.18 Å². The number of thioether (sulfide) groups is 1. The molecule has 1 atom stereocenters. The normalized spacial score (nSPS) is 19.2. The molecular formula is C22H34FN5OS. The van der Waals surface area contributed by atoms with Crippen molar-refractivity contribution in [1.29, 1.82) is 0 Å². The number of likely N-dealkylation sites (tertiary alicyclic amines) is 1. The van der Waals surface area contributed by atoms with Crippen LogP contribution in [0, 0.1) is 5.82 Å². The monoisotopic (exact) mass is 435 g/mol. The molecule has 1 aromatic rings. The summed E-state index contributed by atoms with van der Waals surface area (Å²) in [6, 6.07) is 6.61. The predicted octanol–water partition coefficient (Wildman–Crippen LogP) is 2.51. The van der Waals surface area contributed by atoms with Crippen LogP contribution in [0.1, 0.15) is 26.2 Å². The summed E-state index contributed by atoms with van der Waals surface area (Å²) in [5, 5.41) is 3.46. The van der Waals surface area contributed by atoms with Gasteiger partial charge in [0.15, 0.2) is 5.96 Å². The van der Waals surface area contributed by atoms with Crippen LogP contribution in [0.25, 0.3) is 0 Å². The summed E-state index contributed by atoms with van der Waals surface area (Å²) in [6.07, 6.45) is 3.27. The van der Waals surface area contributed by atoms with Gasteiger partial charge in [-0.05, 0) is 56.2 Å². The van der Waals surface area contributed by atoms with E-state index in [1.54, 1.807) is 11.8 Å². The minimum absolute atomic E-state index is 0.0382. The van der Waals surface area contributed by atoms with Gasteiger partial charge in [0, 0.05) is 57.8 Å². The van der Waals surface area contributed by atoms with Crippen LogP contribution in [0.2, 0.25) is 0 Å². The number of carbonyl (C=O) groups is 1.